The van der Waals surface area contributed by atoms with Crippen molar-refractivity contribution in [2.24, 2.45) is 7.05 Å². The first-order valence-corrected chi connectivity index (χ1v) is 4.18. The van der Waals surface area contributed by atoms with Gasteiger partial charge in [-0.25, -0.2) is 0 Å². The smallest absolute Gasteiger partial charge is 0.259 e. The second kappa shape index (κ2) is 2.45. The quantitative estimate of drug-likeness (QED) is 0.383. The zero-order valence-corrected chi connectivity index (χ0v) is 7.95. The third-order valence-corrected chi connectivity index (χ3v) is 2.19. The lowest BCUT2D eigenvalue weighted by molar-refractivity contribution is -0.615. The highest BCUT2D eigenvalue weighted by molar-refractivity contribution is 9.10. The Kier molecular flexibility index (Phi) is 1.54. The maximum Gasteiger partial charge on any atom is 0.259 e. The second-order valence-electron chi connectivity index (χ2n) is 2.57. The van der Waals surface area contributed by atoms with Crippen molar-refractivity contribution >= 4 is 26.8 Å². The van der Waals surface area contributed by atoms with Crippen molar-refractivity contribution in [2.75, 3.05) is 0 Å². The van der Waals surface area contributed by atoms with Gasteiger partial charge in [-0.3, -0.25) is 4.68 Å². The summed E-state index contributed by atoms with van der Waals surface area (Å²) in [7, 11) is 1.82. The van der Waals surface area contributed by atoms with E-state index in [0.717, 1.165) is 10.1 Å². The van der Waals surface area contributed by atoms with Crippen LogP contribution in [0.4, 0.5) is 0 Å². The molecule has 0 unspecified atom stereocenters. The summed E-state index contributed by atoms with van der Waals surface area (Å²) in [6.07, 6.45) is 3.31. The predicted octanol–water partition coefficient (Wildman–Crippen LogP) is 0.969. The van der Waals surface area contributed by atoms with Gasteiger partial charge in [-0.05, 0) is 0 Å². The maximum atomic E-state index is 11.1. The third-order valence-electron chi connectivity index (χ3n) is 1.61. The summed E-state index contributed by atoms with van der Waals surface area (Å²) in [6.45, 7) is 0. The normalized spacial score (nSPS) is 10.8. The molecule has 0 saturated carbocycles. The van der Waals surface area contributed by atoms with Crippen molar-refractivity contribution in [1.29, 1.82) is 0 Å². The van der Waals surface area contributed by atoms with Gasteiger partial charge in [0.05, 0.1) is 0 Å². The minimum absolute atomic E-state index is 0.503. The molecule has 0 aliphatic carbocycles. The van der Waals surface area contributed by atoms with Gasteiger partial charge in [0, 0.05) is 40.6 Å². The van der Waals surface area contributed by atoms with E-state index in [1.165, 1.54) is 6.20 Å². The van der Waals surface area contributed by atoms with E-state index in [1.807, 2.05) is 13.2 Å². The Morgan fingerprint density at radius 2 is 2.42 bits per heavy atom. The minimum atomic E-state index is 0.503. The molecule has 2 rings (SSSR count). The molecule has 2 aromatic rings. The number of fused-ring (bicyclic) bond motifs is 1. The molecule has 2 aromatic heterocycles. The lowest BCUT2D eigenvalue weighted by Crippen LogP contribution is -2.26. The van der Waals surface area contributed by atoms with Gasteiger partial charge < -0.3 is 5.21 Å². The van der Waals surface area contributed by atoms with Crippen LogP contribution in [-0.2, 0) is 7.05 Å². The highest BCUT2D eigenvalue weighted by Gasteiger charge is 2.06. The molecule has 4 nitrogen and oxygen atoms in total. The molecular weight excluding hydrogens is 222 g/mol. The van der Waals surface area contributed by atoms with Crippen LogP contribution in [-0.4, -0.2) is 9.78 Å². The van der Waals surface area contributed by atoms with Gasteiger partial charge in [0.25, 0.3) is 4.60 Å². The monoisotopic (exact) mass is 227 g/mol. The molecule has 0 radical (unpaired) electrons. The van der Waals surface area contributed by atoms with E-state index < -0.39 is 0 Å². The lowest BCUT2D eigenvalue weighted by atomic mass is 10.3. The van der Waals surface area contributed by atoms with Crippen molar-refractivity contribution in [2.45, 2.75) is 0 Å². The molecule has 12 heavy (non-hydrogen) atoms. The molecule has 0 aliphatic rings. The second-order valence-corrected chi connectivity index (χ2v) is 3.38. The summed E-state index contributed by atoms with van der Waals surface area (Å²) < 4.78 is 2.93. The van der Waals surface area contributed by atoms with Crippen molar-refractivity contribution in [3.05, 3.63) is 28.3 Å². The summed E-state index contributed by atoms with van der Waals surface area (Å²) >= 11 is 3.14. The van der Waals surface area contributed by atoms with Gasteiger partial charge in [0.2, 0.25) is 6.20 Å². The molecule has 0 aliphatic heterocycles. The Bertz CT molecular complexity index is 398. The minimum Gasteiger partial charge on any atom is -0.618 e. The summed E-state index contributed by atoms with van der Waals surface area (Å²) in [5, 5.41) is 16.1. The Balaban J connectivity index is 2.83. The molecule has 0 spiro atoms. The highest BCUT2D eigenvalue weighted by Crippen LogP contribution is 2.13. The summed E-state index contributed by atoms with van der Waals surface area (Å²) in [4.78, 5) is 0. The van der Waals surface area contributed by atoms with Crippen LogP contribution < -0.4 is 4.73 Å². The van der Waals surface area contributed by atoms with Gasteiger partial charge in [-0.15, -0.1) is 0 Å². The standard InChI is InChI=1S/C7H6BrN3O/c1-10-3-5-2-7(8)11(12)4-6(5)9-10/h2-4H,1H3. The average molecular weight is 228 g/mol. The van der Waals surface area contributed by atoms with Crippen LogP contribution in [0.15, 0.2) is 23.1 Å². The topological polar surface area (TPSA) is 44.8 Å². The number of hydrogen-bond acceptors (Lipinski definition) is 2. The molecule has 5 heteroatoms. The number of hydrogen-bond donors (Lipinski definition) is 0. The van der Waals surface area contributed by atoms with Crippen molar-refractivity contribution in [1.82, 2.24) is 9.78 Å². The molecule has 0 aromatic carbocycles. The molecule has 0 saturated heterocycles. The fourth-order valence-electron chi connectivity index (χ4n) is 1.10. The van der Waals surface area contributed by atoms with Crippen LogP contribution in [0, 0.1) is 5.21 Å². The van der Waals surface area contributed by atoms with Crippen LogP contribution in [0.25, 0.3) is 10.9 Å². The molecular formula is C7H6BrN3O. The molecule has 0 fully saturated rings. The predicted molar refractivity (Wildman–Crippen MR) is 47.4 cm³/mol. The van der Waals surface area contributed by atoms with Gasteiger partial charge in [0.15, 0.2) is 5.52 Å². The molecule has 0 bridgehead atoms. The SMILES string of the molecule is Cn1cc2cc(Br)[n+]([O-])cc2n1. The van der Waals surface area contributed by atoms with Crippen LogP contribution >= 0.6 is 15.9 Å². The molecule has 0 atom stereocenters. The zero-order valence-electron chi connectivity index (χ0n) is 6.36. The molecule has 0 N–H and O–H groups in total. The Hall–Kier alpha value is -1.10. The van der Waals surface area contributed by atoms with Crippen molar-refractivity contribution in [3.8, 4) is 0 Å². The summed E-state index contributed by atoms with van der Waals surface area (Å²) in [5.74, 6) is 0. The van der Waals surface area contributed by atoms with Crippen LogP contribution in [0.1, 0.15) is 0 Å². The number of aromatic nitrogens is 3. The molecule has 62 valence electrons. The molecule has 0 amide bonds. The van der Waals surface area contributed by atoms with E-state index in [1.54, 1.807) is 10.7 Å². The Morgan fingerprint density at radius 1 is 1.67 bits per heavy atom. The van der Waals surface area contributed by atoms with E-state index in [-0.39, 0.29) is 0 Å². The number of halogens is 1. The number of pyridine rings is 1. The first-order valence-electron chi connectivity index (χ1n) is 3.39. The van der Waals surface area contributed by atoms with Gasteiger partial charge in [0.1, 0.15) is 0 Å². The fraction of sp³-hybridized carbons (Fsp3) is 0.143. The maximum absolute atomic E-state index is 11.1. The number of aryl methyl sites for hydroxylation is 1. The molecule has 2 heterocycles. The Labute approximate surface area is 77.1 Å². The van der Waals surface area contributed by atoms with E-state index in [4.69, 9.17) is 0 Å². The number of rotatable bonds is 0. The number of nitrogens with zero attached hydrogens (tertiary/aromatic N) is 3. The third kappa shape index (κ3) is 1.06. The summed E-state index contributed by atoms with van der Waals surface area (Å²) in [6, 6.07) is 1.75. The first kappa shape index (κ1) is 7.54. The summed E-state index contributed by atoms with van der Waals surface area (Å²) in [5.41, 5.74) is 0.704. The van der Waals surface area contributed by atoms with Gasteiger partial charge in [-0.2, -0.15) is 9.83 Å². The first-order chi connectivity index (χ1) is 5.66. The van der Waals surface area contributed by atoms with Crippen LogP contribution in [0.5, 0.6) is 0 Å². The highest BCUT2D eigenvalue weighted by atomic mass is 79.9. The largest absolute Gasteiger partial charge is 0.618 e. The van der Waals surface area contributed by atoms with E-state index in [2.05, 4.69) is 21.0 Å². The zero-order chi connectivity index (χ0) is 8.72. The van der Waals surface area contributed by atoms with Crippen LogP contribution in [0.2, 0.25) is 0 Å². The Morgan fingerprint density at radius 3 is 3.17 bits per heavy atom. The lowest BCUT2D eigenvalue weighted by Gasteiger charge is -1.95. The van der Waals surface area contributed by atoms with Crippen molar-refractivity contribution in [3.63, 3.8) is 0 Å². The van der Waals surface area contributed by atoms with E-state index >= 15 is 0 Å². The van der Waals surface area contributed by atoms with Crippen LogP contribution in [0.3, 0.4) is 0 Å². The van der Waals surface area contributed by atoms with Gasteiger partial charge in [-0.1, -0.05) is 0 Å². The fourth-order valence-corrected chi connectivity index (χ4v) is 1.45. The van der Waals surface area contributed by atoms with E-state index in [0.29, 0.717) is 10.1 Å². The average Bonchev–Trinajstić information content (AvgIpc) is 2.30. The van der Waals surface area contributed by atoms with E-state index in [9.17, 15) is 5.21 Å². The van der Waals surface area contributed by atoms with Crippen molar-refractivity contribution < 1.29 is 4.73 Å². The van der Waals surface area contributed by atoms with Gasteiger partial charge >= 0.3 is 0 Å².